The first kappa shape index (κ1) is 14.1. The summed E-state index contributed by atoms with van der Waals surface area (Å²) < 4.78 is 8.80. The minimum atomic E-state index is -0.152. The summed E-state index contributed by atoms with van der Waals surface area (Å²) in [5.41, 5.74) is 0.594. The van der Waals surface area contributed by atoms with Crippen LogP contribution in [0.1, 0.15) is 30.4 Å². The van der Waals surface area contributed by atoms with Crippen molar-refractivity contribution in [1.29, 1.82) is 0 Å². The lowest BCUT2D eigenvalue weighted by Crippen LogP contribution is -2.69. The highest BCUT2D eigenvalue weighted by Crippen LogP contribution is 2.25. The number of amides is 1. The Bertz CT molecular complexity index is 522. The smallest absolute Gasteiger partial charge is 0.270 e. The molecule has 0 bridgehead atoms. The first-order valence-electron chi connectivity index (χ1n) is 7.02. The molecule has 5 nitrogen and oxygen atoms in total. The van der Waals surface area contributed by atoms with Gasteiger partial charge in [0.2, 0.25) is 0 Å². The van der Waals surface area contributed by atoms with Gasteiger partial charge in [-0.15, -0.1) is 0 Å². The normalized spacial score (nSPS) is 21.3. The fourth-order valence-electron chi connectivity index (χ4n) is 2.84. The molecule has 2 fully saturated rings. The van der Waals surface area contributed by atoms with E-state index in [-0.39, 0.29) is 17.6 Å². The van der Waals surface area contributed by atoms with Gasteiger partial charge in [-0.25, -0.2) is 0 Å². The van der Waals surface area contributed by atoms with Crippen LogP contribution in [-0.2, 0) is 4.74 Å². The van der Waals surface area contributed by atoms with Gasteiger partial charge in [-0.05, 0) is 35.8 Å². The molecule has 2 saturated heterocycles. The first-order valence-corrected chi connectivity index (χ1v) is 7.81. The van der Waals surface area contributed by atoms with Gasteiger partial charge in [-0.1, -0.05) is 0 Å². The minimum Gasteiger partial charge on any atom is -0.369 e. The number of carbonyl (C=O) groups is 1. The maximum Gasteiger partial charge on any atom is 0.270 e. The zero-order chi connectivity index (χ0) is 14.3. The maximum atomic E-state index is 12.8. The van der Waals surface area contributed by atoms with Gasteiger partial charge in [0.25, 0.3) is 5.91 Å². The Morgan fingerprint density at radius 1 is 1.50 bits per heavy atom. The maximum absolute atomic E-state index is 12.8. The largest absolute Gasteiger partial charge is 0.369 e. The molecule has 3 heterocycles. The first-order chi connectivity index (χ1) is 9.51. The second-order valence-electron chi connectivity index (χ2n) is 5.91. The molecule has 3 rings (SSSR count). The van der Waals surface area contributed by atoms with Crippen LogP contribution in [0.5, 0.6) is 0 Å². The highest BCUT2D eigenvalue weighted by Gasteiger charge is 2.43. The Morgan fingerprint density at radius 2 is 2.25 bits per heavy atom. The molecule has 0 aromatic carbocycles. The third kappa shape index (κ3) is 2.40. The molecule has 110 valence electrons. The Balaban J connectivity index is 1.81. The van der Waals surface area contributed by atoms with Crippen LogP contribution in [0, 0.1) is 0 Å². The fraction of sp³-hybridized carbons (Fsp3) is 0.643. The van der Waals surface area contributed by atoms with Gasteiger partial charge in [0.05, 0.1) is 13.2 Å². The topological polar surface area (TPSA) is 46.5 Å². The number of carbonyl (C=O) groups excluding carboxylic acids is 1. The van der Waals surface area contributed by atoms with Gasteiger partial charge in [-0.2, -0.15) is 0 Å². The molecule has 0 saturated carbocycles. The summed E-state index contributed by atoms with van der Waals surface area (Å²) in [7, 11) is 0. The molecule has 1 amide bonds. The van der Waals surface area contributed by atoms with Crippen molar-refractivity contribution in [2.45, 2.75) is 25.5 Å². The van der Waals surface area contributed by atoms with Crippen molar-refractivity contribution >= 4 is 21.8 Å². The molecule has 1 N–H and O–H groups in total. The van der Waals surface area contributed by atoms with Crippen LogP contribution in [0.3, 0.4) is 0 Å². The third-order valence-corrected chi connectivity index (χ3v) is 4.45. The van der Waals surface area contributed by atoms with Crippen LogP contribution in [0.2, 0.25) is 0 Å². The van der Waals surface area contributed by atoms with Crippen LogP contribution >= 0.6 is 15.9 Å². The van der Waals surface area contributed by atoms with E-state index in [1.54, 1.807) is 0 Å². The van der Waals surface area contributed by atoms with Crippen molar-refractivity contribution in [3.05, 3.63) is 22.4 Å². The molecule has 0 aliphatic carbocycles. The molecule has 0 atom stereocenters. The number of morpholine rings is 1. The van der Waals surface area contributed by atoms with E-state index in [1.165, 1.54) is 0 Å². The van der Waals surface area contributed by atoms with Gasteiger partial charge in [0.15, 0.2) is 0 Å². The van der Waals surface area contributed by atoms with Gasteiger partial charge >= 0.3 is 0 Å². The second-order valence-corrected chi connectivity index (χ2v) is 6.82. The molecule has 6 heteroatoms. The highest BCUT2D eigenvalue weighted by atomic mass is 79.9. The number of nitrogens with zero attached hydrogens (tertiary/aromatic N) is 2. The lowest BCUT2D eigenvalue weighted by atomic mass is 9.94. The van der Waals surface area contributed by atoms with Gasteiger partial charge in [0.1, 0.15) is 11.3 Å². The predicted octanol–water partition coefficient (Wildman–Crippen LogP) is 1.65. The van der Waals surface area contributed by atoms with E-state index in [1.807, 2.05) is 21.7 Å². The van der Waals surface area contributed by atoms with Crippen LogP contribution < -0.4 is 5.32 Å². The molecular weight excluding hydrogens is 322 g/mol. The average molecular weight is 342 g/mol. The van der Waals surface area contributed by atoms with Crippen molar-refractivity contribution in [3.8, 4) is 0 Å². The number of aromatic nitrogens is 1. The van der Waals surface area contributed by atoms with Crippen LogP contribution in [0.25, 0.3) is 0 Å². The quantitative estimate of drug-likeness (QED) is 0.889. The molecule has 1 aromatic heterocycles. The number of rotatable bonds is 2. The summed E-state index contributed by atoms with van der Waals surface area (Å²) in [6.07, 6.45) is 1.97. The monoisotopic (exact) mass is 341 g/mol. The average Bonchev–Trinajstić information content (AvgIpc) is 2.78. The molecule has 1 aromatic rings. The lowest BCUT2D eigenvalue weighted by Gasteiger charge is -2.48. The lowest BCUT2D eigenvalue weighted by molar-refractivity contribution is -0.126. The van der Waals surface area contributed by atoms with Crippen molar-refractivity contribution < 1.29 is 9.53 Å². The van der Waals surface area contributed by atoms with Crippen LogP contribution in [0.15, 0.2) is 16.7 Å². The standard InChI is InChI=1S/C14H20BrN3O2/c1-10(2)18-6-11(15)5-12(18)13(19)17-3-4-20-14(9-17)7-16-8-14/h5-6,10,16H,3-4,7-9H2,1-2H3. The molecule has 2 aliphatic heterocycles. The van der Waals surface area contributed by atoms with E-state index in [2.05, 4.69) is 35.1 Å². The zero-order valence-corrected chi connectivity index (χ0v) is 13.4. The molecule has 1 spiro atoms. The number of nitrogens with one attached hydrogen (secondary N) is 1. The van der Waals surface area contributed by atoms with E-state index in [0.29, 0.717) is 19.7 Å². The predicted molar refractivity (Wildman–Crippen MR) is 80.0 cm³/mol. The summed E-state index contributed by atoms with van der Waals surface area (Å²) >= 11 is 3.46. The van der Waals surface area contributed by atoms with Crippen LogP contribution in [-0.4, -0.2) is 53.8 Å². The summed E-state index contributed by atoms with van der Waals surface area (Å²) in [4.78, 5) is 14.7. The molecular formula is C14H20BrN3O2. The van der Waals surface area contributed by atoms with Gasteiger partial charge in [-0.3, -0.25) is 4.79 Å². The van der Waals surface area contributed by atoms with E-state index in [4.69, 9.17) is 4.74 Å². The number of ether oxygens (including phenoxy) is 1. The van der Waals surface area contributed by atoms with Gasteiger partial charge < -0.3 is 19.5 Å². The number of hydrogen-bond acceptors (Lipinski definition) is 3. The zero-order valence-electron chi connectivity index (χ0n) is 11.9. The SMILES string of the molecule is CC(C)n1cc(Br)cc1C(=O)N1CCOC2(CNC2)C1. The van der Waals surface area contributed by atoms with Crippen LogP contribution in [0.4, 0.5) is 0 Å². The van der Waals surface area contributed by atoms with E-state index in [9.17, 15) is 4.79 Å². The van der Waals surface area contributed by atoms with Crippen molar-refractivity contribution in [3.63, 3.8) is 0 Å². The Morgan fingerprint density at radius 3 is 2.85 bits per heavy atom. The summed E-state index contributed by atoms with van der Waals surface area (Å²) in [6.45, 7) is 7.81. The van der Waals surface area contributed by atoms with Crippen molar-refractivity contribution in [1.82, 2.24) is 14.8 Å². The third-order valence-electron chi connectivity index (χ3n) is 4.02. The Labute approximate surface area is 127 Å². The summed E-state index contributed by atoms with van der Waals surface area (Å²) in [6, 6.07) is 2.17. The van der Waals surface area contributed by atoms with Crippen molar-refractivity contribution in [2.75, 3.05) is 32.8 Å². The molecule has 20 heavy (non-hydrogen) atoms. The van der Waals surface area contributed by atoms with Gasteiger partial charge in [0, 0.05) is 36.3 Å². The highest BCUT2D eigenvalue weighted by molar-refractivity contribution is 9.10. The molecule has 0 unspecified atom stereocenters. The Kier molecular flexibility index (Phi) is 3.64. The second kappa shape index (κ2) is 5.16. The van der Waals surface area contributed by atoms with E-state index in [0.717, 1.165) is 23.3 Å². The number of halogens is 1. The fourth-order valence-corrected chi connectivity index (χ4v) is 3.28. The van der Waals surface area contributed by atoms with E-state index < -0.39 is 0 Å². The van der Waals surface area contributed by atoms with E-state index >= 15 is 0 Å². The molecule has 0 radical (unpaired) electrons. The Hall–Kier alpha value is -0.850. The minimum absolute atomic E-state index is 0.0963. The summed E-state index contributed by atoms with van der Waals surface area (Å²) in [5, 5.41) is 3.23. The number of hydrogen-bond donors (Lipinski definition) is 1. The summed E-state index contributed by atoms with van der Waals surface area (Å²) in [5.74, 6) is 0.0963. The van der Waals surface area contributed by atoms with Crippen molar-refractivity contribution in [2.24, 2.45) is 0 Å². The molecule has 2 aliphatic rings.